The van der Waals surface area contributed by atoms with Crippen LogP contribution in [0, 0.1) is 0 Å². The van der Waals surface area contributed by atoms with E-state index in [-0.39, 0.29) is 5.76 Å². The Labute approximate surface area is 105 Å². The van der Waals surface area contributed by atoms with E-state index in [2.05, 4.69) is 25.4 Å². The maximum Gasteiger partial charge on any atom is 0.524 e. The van der Waals surface area contributed by atoms with E-state index in [0.717, 1.165) is 0 Å². The monoisotopic (exact) mass is 325 g/mol. The second-order valence-corrected chi connectivity index (χ2v) is 6.71. The number of halogens is 2. The van der Waals surface area contributed by atoms with Crippen molar-refractivity contribution in [2.45, 2.75) is 3.78 Å². The van der Waals surface area contributed by atoms with E-state index in [1.54, 1.807) is 18.2 Å². The number of rotatable bonds is 2. The summed E-state index contributed by atoms with van der Waals surface area (Å²) in [5, 5.41) is 0. The summed E-state index contributed by atoms with van der Waals surface area (Å²) in [5.41, 5.74) is 1.01. The third-order valence-electron chi connectivity index (χ3n) is 1.88. The number of hydrogen-bond acceptors (Lipinski definition) is 3. The van der Waals surface area contributed by atoms with Crippen molar-refractivity contribution in [2.75, 3.05) is 0 Å². The first-order chi connectivity index (χ1) is 7.27. The van der Waals surface area contributed by atoms with Gasteiger partial charge in [-0.05, 0) is 18.2 Å². The highest BCUT2D eigenvalue weighted by Crippen LogP contribution is 2.44. The van der Waals surface area contributed by atoms with Crippen LogP contribution >= 0.6 is 35.4 Å². The quantitative estimate of drug-likeness (QED) is 0.602. The Hall–Kier alpha value is -0.390. The summed E-state index contributed by atoms with van der Waals surface area (Å²) in [4.78, 5) is 21.4. The molecule has 1 atom stereocenters. The molecule has 2 rings (SSSR count). The van der Waals surface area contributed by atoms with Gasteiger partial charge in [-0.15, -0.1) is 0 Å². The van der Waals surface area contributed by atoms with Gasteiger partial charge in [-0.25, -0.2) is 4.57 Å². The van der Waals surface area contributed by atoms with Crippen LogP contribution in [-0.4, -0.2) is 19.3 Å². The molecule has 0 aromatic carbocycles. The fourth-order valence-electron chi connectivity index (χ4n) is 1.30. The normalized spacial score (nSPS) is 28.1. The molecule has 0 saturated heterocycles. The fraction of sp³-hybridized carbons (Fsp3) is 0.125. The smallest absolute Gasteiger partial charge is 0.402 e. The Morgan fingerprint density at radius 3 is 2.88 bits per heavy atom. The van der Waals surface area contributed by atoms with Crippen molar-refractivity contribution >= 4 is 41.1 Å². The van der Waals surface area contributed by atoms with Crippen molar-refractivity contribution in [1.82, 2.24) is 0 Å². The molecule has 0 bridgehead atoms. The molecule has 1 unspecified atom stereocenters. The molecule has 0 aromatic rings. The molecular formula is C8H6BrClNO4P. The average molecular weight is 326 g/mol. The van der Waals surface area contributed by atoms with E-state index in [1.165, 1.54) is 6.20 Å². The van der Waals surface area contributed by atoms with Crippen LogP contribution in [0.4, 0.5) is 0 Å². The van der Waals surface area contributed by atoms with Crippen LogP contribution in [0.3, 0.4) is 0 Å². The molecule has 2 aliphatic rings. The van der Waals surface area contributed by atoms with Crippen molar-refractivity contribution in [3.05, 3.63) is 35.8 Å². The van der Waals surface area contributed by atoms with Crippen LogP contribution in [0.2, 0.25) is 0 Å². The Morgan fingerprint density at radius 2 is 2.25 bits per heavy atom. The molecule has 8 heteroatoms. The zero-order chi connectivity index (χ0) is 12.0. The maximum atomic E-state index is 10.7. The number of allylic oxidation sites excluding steroid dienone is 4. The van der Waals surface area contributed by atoms with Crippen LogP contribution in [-0.2, 0) is 9.09 Å². The third kappa shape index (κ3) is 2.64. The summed E-state index contributed by atoms with van der Waals surface area (Å²) >= 11 is 9.20. The first-order valence-electron chi connectivity index (χ1n) is 4.11. The van der Waals surface area contributed by atoms with Gasteiger partial charge >= 0.3 is 7.82 Å². The molecule has 0 spiro atoms. The highest BCUT2D eigenvalue weighted by Gasteiger charge is 2.31. The van der Waals surface area contributed by atoms with E-state index in [9.17, 15) is 4.57 Å². The first-order valence-corrected chi connectivity index (χ1v) is 6.81. The summed E-state index contributed by atoms with van der Waals surface area (Å²) in [6, 6.07) is 0. The van der Waals surface area contributed by atoms with Crippen LogP contribution < -0.4 is 0 Å². The second kappa shape index (κ2) is 3.82. The van der Waals surface area contributed by atoms with Crippen molar-refractivity contribution in [3.8, 4) is 0 Å². The minimum Gasteiger partial charge on any atom is -0.402 e. The largest absolute Gasteiger partial charge is 0.524 e. The third-order valence-corrected chi connectivity index (χ3v) is 3.04. The Balaban J connectivity index is 2.30. The number of fused-ring (bicyclic) bond motifs is 1. The number of alkyl halides is 2. The van der Waals surface area contributed by atoms with E-state index >= 15 is 0 Å². The fourth-order valence-corrected chi connectivity index (χ4v) is 2.24. The first kappa shape index (κ1) is 12.1. The van der Waals surface area contributed by atoms with Crippen LogP contribution in [0.1, 0.15) is 0 Å². The van der Waals surface area contributed by atoms with E-state index in [0.29, 0.717) is 11.3 Å². The molecule has 1 aliphatic carbocycles. The standard InChI is InChI=1S/C8H6BrClNO4P/c9-8(10)2-1-6-5(3-8)7(4-11-6)15-16(12,13)14/h1-4H,(H2,12,13,14). The highest BCUT2D eigenvalue weighted by atomic mass is 79.9. The van der Waals surface area contributed by atoms with Gasteiger partial charge in [0, 0.05) is 5.57 Å². The molecule has 16 heavy (non-hydrogen) atoms. The lowest BCUT2D eigenvalue weighted by atomic mass is 10.0. The van der Waals surface area contributed by atoms with Gasteiger partial charge in [0.15, 0.2) is 5.76 Å². The predicted octanol–water partition coefficient (Wildman–Crippen LogP) is 2.22. The lowest BCUT2D eigenvalue weighted by molar-refractivity contribution is 0.247. The lowest BCUT2D eigenvalue weighted by Gasteiger charge is -2.18. The Kier molecular flexibility index (Phi) is 2.88. The maximum absolute atomic E-state index is 10.7. The number of aliphatic imine (C=N–C) groups is 1. The second-order valence-electron chi connectivity index (χ2n) is 3.16. The van der Waals surface area contributed by atoms with Gasteiger partial charge in [-0.2, -0.15) is 0 Å². The van der Waals surface area contributed by atoms with Gasteiger partial charge < -0.3 is 4.52 Å². The zero-order valence-corrected chi connectivity index (χ0v) is 10.9. The summed E-state index contributed by atoms with van der Waals surface area (Å²) in [6.45, 7) is 0. The molecule has 1 heterocycles. The number of phosphoric acid groups is 1. The summed E-state index contributed by atoms with van der Waals surface area (Å²) < 4.78 is 14.3. The number of nitrogens with zero attached hydrogens (tertiary/aromatic N) is 1. The molecule has 2 N–H and O–H groups in total. The van der Waals surface area contributed by atoms with Gasteiger partial charge in [-0.1, -0.05) is 27.5 Å². The van der Waals surface area contributed by atoms with Gasteiger partial charge in [-0.3, -0.25) is 14.8 Å². The molecule has 0 amide bonds. The molecule has 86 valence electrons. The summed E-state index contributed by atoms with van der Waals surface area (Å²) in [7, 11) is -4.59. The highest BCUT2D eigenvalue weighted by molar-refractivity contribution is 9.10. The minimum absolute atomic E-state index is 0.0113. The van der Waals surface area contributed by atoms with Gasteiger partial charge in [0.05, 0.1) is 11.9 Å². The minimum atomic E-state index is -4.59. The van der Waals surface area contributed by atoms with E-state index in [1.807, 2.05) is 0 Å². The predicted molar refractivity (Wildman–Crippen MR) is 63.4 cm³/mol. The SMILES string of the molecule is O=P(O)(O)OC1=CN=C2C=CC(Cl)(Br)C=C12. The number of phosphoric ester groups is 1. The van der Waals surface area contributed by atoms with Crippen LogP contribution in [0.25, 0.3) is 0 Å². The van der Waals surface area contributed by atoms with Gasteiger partial charge in [0.1, 0.15) is 3.78 Å². The van der Waals surface area contributed by atoms with Crippen molar-refractivity contribution < 1.29 is 18.9 Å². The Bertz CT molecular complexity index is 502. The molecule has 0 aromatic heterocycles. The van der Waals surface area contributed by atoms with Crippen molar-refractivity contribution in [1.29, 1.82) is 0 Å². The summed E-state index contributed by atoms with van der Waals surface area (Å²) in [5.74, 6) is 0.0113. The average Bonchev–Trinajstić information content (AvgIpc) is 2.44. The lowest BCUT2D eigenvalue weighted by Crippen LogP contribution is -2.14. The van der Waals surface area contributed by atoms with Crippen molar-refractivity contribution in [3.63, 3.8) is 0 Å². The van der Waals surface area contributed by atoms with Gasteiger partial charge in [0.2, 0.25) is 0 Å². The molecule has 0 saturated carbocycles. The van der Waals surface area contributed by atoms with Crippen molar-refractivity contribution in [2.24, 2.45) is 4.99 Å². The molecule has 5 nitrogen and oxygen atoms in total. The van der Waals surface area contributed by atoms with E-state index < -0.39 is 11.6 Å². The molecule has 0 fully saturated rings. The van der Waals surface area contributed by atoms with E-state index in [4.69, 9.17) is 21.4 Å². The van der Waals surface area contributed by atoms with Crippen LogP contribution in [0.15, 0.2) is 40.8 Å². The topological polar surface area (TPSA) is 79.1 Å². The van der Waals surface area contributed by atoms with Crippen LogP contribution in [0.5, 0.6) is 0 Å². The molecule has 1 aliphatic heterocycles. The zero-order valence-electron chi connectivity index (χ0n) is 7.67. The molecular weight excluding hydrogens is 320 g/mol. The molecule has 0 radical (unpaired) electrons. The van der Waals surface area contributed by atoms with Gasteiger partial charge in [0.25, 0.3) is 0 Å². The Morgan fingerprint density at radius 1 is 1.56 bits per heavy atom. The number of hydrogen-bond donors (Lipinski definition) is 2. The summed E-state index contributed by atoms with van der Waals surface area (Å²) in [6.07, 6.45) is 6.10.